The Morgan fingerprint density at radius 3 is 2.44 bits per heavy atom. The summed E-state index contributed by atoms with van der Waals surface area (Å²) in [6.45, 7) is 3.16. The molecule has 2 aliphatic rings. The maximum absolute atomic E-state index is 12.0. The topological polar surface area (TPSA) is 55.1 Å². The molecule has 0 unspecified atom stereocenters. The third-order valence-corrected chi connectivity index (χ3v) is 4.92. The zero-order chi connectivity index (χ0) is 13.0. The van der Waals surface area contributed by atoms with Crippen molar-refractivity contribution in [2.75, 3.05) is 6.54 Å². The number of carbonyl (C=O) groups excluding carboxylic acids is 1. The molecule has 3 heteroatoms. The Morgan fingerprint density at radius 1 is 1.22 bits per heavy atom. The Kier molecular flexibility index (Phi) is 4.66. The first-order valence-corrected chi connectivity index (χ1v) is 7.67. The van der Waals surface area contributed by atoms with Crippen molar-refractivity contribution in [1.29, 1.82) is 0 Å². The van der Waals surface area contributed by atoms with Gasteiger partial charge in [0.15, 0.2) is 0 Å². The zero-order valence-electron chi connectivity index (χ0n) is 11.7. The maximum Gasteiger partial charge on any atom is 0.240 e. The average Bonchev–Trinajstić information content (AvgIpc) is 2.80. The second kappa shape index (κ2) is 6.05. The van der Waals surface area contributed by atoms with E-state index < -0.39 is 5.54 Å². The van der Waals surface area contributed by atoms with Crippen molar-refractivity contribution in [3.63, 3.8) is 0 Å². The number of amides is 1. The van der Waals surface area contributed by atoms with Crippen LogP contribution in [0.1, 0.15) is 64.7 Å². The van der Waals surface area contributed by atoms with Crippen LogP contribution in [-0.4, -0.2) is 18.0 Å². The SMILES string of the molecule is CC1CCC(CCNC(=O)C2(N)CCCC2)CC1. The third kappa shape index (κ3) is 3.47. The monoisotopic (exact) mass is 252 g/mol. The predicted octanol–water partition coefficient (Wildman–Crippen LogP) is 2.59. The van der Waals surface area contributed by atoms with Crippen LogP contribution in [0.5, 0.6) is 0 Å². The number of rotatable bonds is 4. The van der Waals surface area contributed by atoms with E-state index in [1.54, 1.807) is 0 Å². The van der Waals surface area contributed by atoms with Gasteiger partial charge < -0.3 is 11.1 Å². The van der Waals surface area contributed by atoms with Crippen molar-refractivity contribution in [1.82, 2.24) is 5.32 Å². The normalized spacial score (nSPS) is 31.2. The molecule has 1 amide bonds. The van der Waals surface area contributed by atoms with E-state index in [2.05, 4.69) is 12.2 Å². The van der Waals surface area contributed by atoms with E-state index in [0.29, 0.717) is 0 Å². The van der Waals surface area contributed by atoms with E-state index in [1.165, 1.54) is 25.7 Å². The molecule has 104 valence electrons. The first kappa shape index (κ1) is 13.9. The van der Waals surface area contributed by atoms with Crippen LogP contribution in [0.15, 0.2) is 0 Å². The summed E-state index contributed by atoms with van der Waals surface area (Å²) in [6.07, 6.45) is 10.5. The number of nitrogens with one attached hydrogen (secondary N) is 1. The third-order valence-electron chi connectivity index (χ3n) is 4.92. The Hall–Kier alpha value is -0.570. The van der Waals surface area contributed by atoms with Gasteiger partial charge in [-0.1, -0.05) is 45.4 Å². The molecule has 3 nitrogen and oxygen atoms in total. The molecular weight excluding hydrogens is 224 g/mol. The van der Waals surface area contributed by atoms with Gasteiger partial charge in [0.05, 0.1) is 5.54 Å². The summed E-state index contributed by atoms with van der Waals surface area (Å²) in [6, 6.07) is 0. The number of hydrogen-bond acceptors (Lipinski definition) is 2. The molecule has 0 aromatic heterocycles. The first-order chi connectivity index (χ1) is 8.60. The van der Waals surface area contributed by atoms with Gasteiger partial charge in [-0.25, -0.2) is 0 Å². The molecule has 0 spiro atoms. The average molecular weight is 252 g/mol. The molecule has 0 aliphatic heterocycles. The molecule has 18 heavy (non-hydrogen) atoms. The van der Waals surface area contributed by atoms with Crippen molar-refractivity contribution >= 4 is 5.91 Å². The number of carbonyl (C=O) groups is 1. The Labute approximate surface area is 111 Å². The molecule has 2 fully saturated rings. The summed E-state index contributed by atoms with van der Waals surface area (Å²) < 4.78 is 0. The molecule has 3 N–H and O–H groups in total. The van der Waals surface area contributed by atoms with Gasteiger partial charge >= 0.3 is 0 Å². The van der Waals surface area contributed by atoms with Crippen LogP contribution in [0.25, 0.3) is 0 Å². The smallest absolute Gasteiger partial charge is 0.240 e. The molecule has 0 saturated heterocycles. The van der Waals surface area contributed by atoms with E-state index in [9.17, 15) is 4.79 Å². The largest absolute Gasteiger partial charge is 0.354 e. The molecule has 0 aromatic carbocycles. The Morgan fingerprint density at radius 2 is 1.83 bits per heavy atom. The van der Waals surface area contributed by atoms with Crippen LogP contribution in [0.4, 0.5) is 0 Å². The minimum Gasteiger partial charge on any atom is -0.354 e. The van der Waals surface area contributed by atoms with Gasteiger partial charge in [0.25, 0.3) is 0 Å². The quantitative estimate of drug-likeness (QED) is 0.808. The summed E-state index contributed by atoms with van der Waals surface area (Å²) in [5.74, 6) is 1.81. The van der Waals surface area contributed by atoms with Gasteiger partial charge in [-0.2, -0.15) is 0 Å². The molecule has 2 aliphatic carbocycles. The van der Waals surface area contributed by atoms with Gasteiger partial charge in [0.1, 0.15) is 0 Å². The second-order valence-electron chi connectivity index (χ2n) is 6.53. The number of hydrogen-bond donors (Lipinski definition) is 2. The summed E-state index contributed by atoms with van der Waals surface area (Å²) >= 11 is 0. The van der Waals surface area contributed by atoms with Gasteiger partial charge in [0, 0.05) is 6.54 Å². The maximum atomic E-state index is 12.0. The Bertz CT molecular complexity index is 276. The standard InChI is InChI=1S/C15H28N2O/c1-12-4-6-13(7-5-12)8-11-17-14(18)15(16)9-2-3-10-15/h12-13H,2-11,16H2,1H3,(H,17,18). The highest BCUT2D eigenvalue weighted by molar-refractivity contribution is 5.86. The van der Waals surface area contributed by atoms with Crippen molar-refractivity contribution in [3.8, 4) is 0 Å². The lowest BCUT2D eigenvalue weighted by atomic mass is 9.81. The summed E-state index contributed by atoms with van der Waals surface area (Å²) in [5, 5.41) is 3.06. The van der Waals surface area contributed by atoms with E-state index in [4.69, 9.17) is 5.73 Å². The highest BCUT2D eigenvalue weighted by atomic mass is 16.2. The minimum atomic E-state index is -0.554. The van der Waals surface area contributed by atoms with Crippen LogP contribution >= 0.6 is 0 Å². The highest BCUT2D eigenvalue weighted by Gasteiger charge is 2.36. The van der Waals surface area contributed by atoms with Crippen LogP contribution in [0, 0.1) is 11.8 Å². The first-order valence-electron chi connectivity index (χ1n) is 7.67. The lowest BCUT2D eigenvalue weighted by Crippen LogP contribution is -2.52. The van der Waals surface area contributed by atoms with E-state index in [-0.39, 0.29) is 5.91 Å². The molecule has 0 heterocycles. The highest BCUT2D eigenvalue weighted by Crippen LogP contribution is 2.30. The molecule has 0 aromatic rings. The van der Waals surface area contributed by atoms with Gasteiger partial charge in [0.2, 0.25) is 5.91 Å². The van der Waals surface area contributed by atoms with E-state index in [0.717, 1.165) is 50.5 Å². The summed E-state index contributed by atoms with van der Waals surface area (Å²) in [7, 11) is 0. The van der Waals surface area contributed by atoms with Crippen LogP contribution in [-0.2, 0) is 4.79 Å². The molecular formula is C15H28N2O. The van der Waals surface area contributed by atoms with Gasteiger partial charge in [-0.3, -0.25) is 4.79 Å². The van der Waals surface area contributed by atoms with E-state index >= 15 is 0 Å². The van der Waals surface area contributed by atoms with E-state index in [1.807, 2.05) is 0 Å². The van der Waals surface area contributed by atoms with Crippen molar-refractivity contribution < 1.29 is 4.79 Å². The fraction of sp³-hybridized carbons (Fsp3) is 0.933. The predicted molar refractivity (Wildman–Crippen MR) is 74.1 cm³/mol. The van der Waals surface area contributed by atoms with Gasteiger partial charge in [-0.05, 0) is 31.1 Å². The lowest BCUT2D eigenvalue weighted by Gasteiger charge is -2.27. The van der Waals surface area contributed by atoms with Crippen molar-refractivity contribution in [2.45, 2.75) is 70.3 Å². The molecule has 2 rings (SSSR count). The second-order valence-corrected chi connectivity index (χ2v) is 6.53. The fourth-order valence-electron chi connectivity index (χ4n) is 3.42. The molecule has 0 bridgehead atoms. The molecule has 0 atom stereocenters. The zero-order valence-corrected chi connectivity index (χ0v) is 11.7. The molecule has 0 radical (unpaired) electrons. The molecule has 2 saturated carbocycles. The van der Waals surface area contributed by atoms with Crippen molar-refractivity contribution in [3.05, 3.63) is 0 Å². The summed E-state index contributed by atoms with van der Waals surface area (Å²) in [5.41, 5.74) is 5.57. The lowest BCUT2D eigenvalue weighted by molar-refractivity contribution is -0.126. The van der Waals surface area contributed by atoms with Crippen molar-refractivity contribution in [2.24, 2.45) is 17.6 Å². The van der Waals surface area contributed by atoms with Crippen LogP contribution < -0.4 is 11.1 Å². The van der Waals surface area contributed by atoms with Crippen LogP contribution in [0.3, 0.4) is 0 Å². The Balaban J connectivity index is 1.64. The summed E-state index contributed by atoms with van der Waals surface area (Å²) in [4.78, 5) is 12.0. The number of nitrogens with two attached hydrogens (primary N) is 1. The minimum absolute atomic E-state index is 0.0872. The fourth-order valence-corrected chi connectivity index (χ4v) is 3.42. The van der Waals surface area contributed by atoms with Crippen LogP contribution in [0.2, 0.25) is 0 Å². The van der Waals surface area contributed by atoms with Gasteiger partial charge in [-0.15, -0.1) is 0 Å².